The molecule has 5 nitrogen and oxygen atoms in total. The molecule has 6 heteroatoms. The van der Waals surface area contributed by atoms with E-state index >= 15 is 0 Å². The van der Waals surface area contributed by atoms with Crippen LogP contribution in [0.15, 0.2) is 46.8 Å². The van der Waals surface area contributed by atoms with E-state index in [0.717, 1.165) is 18.4 Å². The summed E-state index contributed by atoms with van der Waals surface area (Å²) in [6, 6.07) is 10.5. The van der Waals surface area contributed by atoms with Gasteiger partial charge in [-0.3, -0.25) is 14.2 Å². The molecule has 140 valence electrons. The number of thiophene rings is 1. The minimum absolute atomic E-state index is 0.0242. The topological polar surface area (TPSA) is 55.2 Å². The van der Waals surface area contributed by atoms with Crippen molar-refractivity contribution in [2.45, 2.75) is 51.7 Å². The van der Waals surface area contributed by atoms with Crippen LogP contribution in [0.1, 0.15) is 43.7 Å². The zero-order chi connectivity index (χ0) is 19.0. The van der Waals surface area contributed by atoms with Crippen LogP contribution in [0.5, 0.6) is 0 Å². The van der Waals surface area contributed by atoms with E-state index in [0.29, 0.717) is 22.7 Å². The molecule has 1 fully saturated rings. The Labute approximate surface area is 162 Å². The second-order valence-corrected chi connectivity index (χ2v) is 8.36. The number of nitrogens with zero attached hydrogens (tertiary/aromatic N) is 3. The van der Waals surface area contributed by atoms with Crippen LogP contribution in [0, 0.1) is 0 Å². The third-order valence-electron chi connectivity index (χ3n) is 5.06. The zero-order valence-corrected chi connectivity index (χ0v) is 16.4. The molecule has 0 radical (unpaired) electrons. The maximum atomic E-state index is 12.9. The summed E-state index contributed by atoms with van der Waals surface area (Å²) in [4.78, 5) is 32.4. The largest absolute Gasteiger partial charge is 0.334 e. The molecule has 0 aliphatic heterocycles. The SMILES string of the molecule is CC(C)c1ccc(CN(C(=O)Cn2cnc3sccc3c2=O)C2CC2)cc1. The third-order valence-corrected chi connectivity index (χ3v) is 5.88. The van der Waals surface area contributed by atoms with Crippen LogP contribution >= 0.6 is 11.3 Å². The van der Waals surface area contributed by atoms with E-state index in [4.69, 9.17) is 0 Å². The van der Waals surface area contributed by atoms with Crippen molar-refractivity contribution in [1.29, 1.82) is 0 Å². The number of aromatic nitrogens is 2. The highest BCUT2D eigenvalue weighted by Gasteiger charge is 2.32. The van der Waals surface area contributed by atoms with Gasteiger partial charge >= 0.3 is 0 Å². The lowest BCUT2D eigenvalue weighted by Gasteiger charge is -2.23. The van der Waals surface area contributed by atoms with Gasteiger partial charge in [0.2, 0.25) is 5.91 Å². The van der Waals surface area contributed by atoms with Crippen LogP contribution in [0.4, 0.5) is 0 Å². The summed E-state index contributed by atoms with van der Waals surface area (Å²) < 4.78 is 1.43. The first-order valence-electron chi connectivity index (χ1n) is 9.34. The lowest BCUT2D eigenvalue weighted by molar-refractivity contribution is -0.133. The number of amides is 1. The van der Waals surface area contributed by atoms with Gasteiger partial charge in [-0.15, -0.1) is 11.3 Å². The second kappa shape index (κ2) is 7.27. The molecule has 0 saturated heterocycles. The summed E-state index contributed by atoms with van der Waals surface area (Å²) in [5.41, 5.74) is 2.27. The number of carbonyl (C=O) groups is 1. The van der Waals surface area contributed by atoms with E-state index in [2.05, 4.69) is 43.1 Å². The van der Waals surface area contributed by atoms with E-state index in [1.807, 2.05) is 10.3 Å². The van der Waals surface area contributed by atoms with Gasteiger partial charge in [0.05, 0.1) is 11.7 Å². The number of benzene rings is 1. The average molecular weight is 382 g/mol. The van der Waals surface area contributed by atoms with Gasteiger partial charge in [-0.1, -0.05) is 38.1 Å². The fourth-order valence-corrected chi connectivity index (χ4v) is 3.98. The Morgan fingerprint density at radius 1 is 1.26 bits per heavy atom. The normalized spacial score (nSPS) is 14.0. The number of hydrogen-bond donors (Lipinski definition) is 0. The maximum absolute atomic E-state index is 12.9. The molecule has 0 atom stereocenters. The number of rotatable bonds is 6. The van der Waals surface area contributed by atoms with Crippen LogP contribution in [-0.4, -0.2) is 26.4 Å². The summed E-state index contributed by atoms with van der Waals surface area (Å²) >= 11 is 1.44. The Balaban J connectivity index is 1.52. The Morgan fingerprint density at radius 2 is 2.00 bits per heavy atom. The molecule has 1 aromatic carbocycles. The first-order chi connectivity index (χ1) is 13.0. The fraction of sp³-hybridized carbons (Fsp3) is 0.381. The monoisotopic (exact) mass is 381 g/mol. The van der Waals surface area contributed by atoms with Crippen molar-refractivity contribution in [2.75, 3.05) is 0 Å². The predicted molar refractivity (Wildman–Crippen MR) is 108 cm³/mol. The molecule has 0 N–H and O–H groups in total. The van der Waals surface area contributed by atoms with Crippen molar-refractivity contribution in [3.05, 3.63) is 63.5 Å². The van der Waals surface area contributed by atoms with Crippen LogP contribution in [0.2, 0.25) is 0 Å². The minimum atomic E-state index is -0.147. The molecule has 2 heterocycles. The summed E-state index contributed by atoms with van der Waals surface area (Å²) in [6.45, 7) is 4.97. The summed E-state index contributed by atoms with van der Waals surface area (Å²) in [7, 11) is 0. The highest BCUT2D eigenvalue weighted by molar-refractivity contribution is 7.16. The number of hydrogen-bond acceptors (Lipinski definition) is 4. The predicted octanol–water partition coefficient (Wildman–Crippen LogP) is 3.77. The first kappa shape index (κ1) is 17.9. The van der Waals surface area contributed by atoms with Crippen LogP contribution < -0.4 is 5.56 Å². The molecule has 0 bridgehead atoms. The molecule has 3 aromatic rings. The van der Waals surface area contributed by atoms with Gasteiger partial charge in [-0.25, -0.2) is 4.98 Å². The van der Waals surface area contributed by atoms with Crippen molar-refractivity contribution < 1.29 is 4.79 Å². The van der Waals surface area contributed by atoms with E-state index in [9.17, 15) is 9.59 Å². The maximum Gasteiger partial charge on any atom is 0.262 e. The smallest absolute Gasteiger partial charge is 0.262 e. The van der Waals surface area contributed by atoms with Crippen molar-refractivity contribution in [3.63, 3.8) is 0 Å². The van der Waals surface area contributed by atoms with E-state index in [1.165, 1.54) is 27.8 Å². The Hall–Kier alpha value is -2.47. The average Bonchev–Trinajstić information content (AvgIpc) is 3.38. The number of fused-ring (bicyclic) bond motifs is 1. The molecule has 2 aromatic heterocycles. The molecule has 1 amide bonds. The molecule has 4 rings (SSSR count). The highest BCUT2D eigenvalue weighted by Crippen LogP contribution is 2.29. The zero-order valence-electron chi connectivity index (χ0n) is 15.6. The fourth-order valence-electron chi connectivity index (χ4n) is 3.25. The molecule has 1 saturated carbocycles. The van der Waals surface area contributed by atoms with Gasteiger partial charge in [0.1, 0.15) is 11.4 Å². The minimum Gasteiger partial charge on any atom is -0.334 e. The van der Waals surface area contributed by atoms with Gasteiger partial charge in [0.15, 0.2) is 0 Å². The van der Waals surface area contributed by atoms with Crippen molar-refractivity contribution in [3.8, 4) is 0 Å². The molecule has 0 spiro atoms. The standard InChI is InChI=1S/C21H23N3O2S/c1-14(2)16-5-3-15(4-6-16)11-24(17-7-8-17)19(25)12-23-13-22-20-18(21(23)26)9-10-27-20/h3-6,9-10,13-14,17H,7-8,11-12H2,1-2H3. The van der Waals surface area contributed by atoms with Crippen molar-refractivity contribution >= 4 is 27.5 Å². The molecular weight excluding hydrogens is 358 g/mol. The van der Waals surface area contributed by atoms with E-state index in [1.54, 1.807) is 6.07 Å². The van der Waals surface area contributed by atoms with Gasteiger partial charge in [-0.05, 0) is 41.3 Å². The lowest BCUT2D eigenvalue weighted by atomic mass is 10.0. The summed E-state index contributed by atoms with van der Waals surface area (Å²) in [6.07, 6.45) is 3.56. The molecule has 1 aliphatic carbocycles. The highest BCUT2D eigenvalue weighted by atomic mass is 32.1. The van der Waals surface area contributed by atoms with Crippen LogP contribution in [-0.2, 0) is 17.9 Å². The summed E-state index contributed by atoms with van der Waals surface area (Å²) in [5, 5.41) is 2.43. The van der Waals surface area contributed by atoms with Gasteiger partial charge in [0.25, 0.3) is 5.56 Å². The quantitative estimate of drug-likeness (QED) is 0.653. The van der Waals surface area contributed by atoms with Crippen molar-refractivity contribution in [2.24, 2.45) is 0 Å². The molecule has 0 unspecified atom stereocenters. The van der Waals surface area contributed by atoms with Gasteiger partial charge in [0, 0.05) is 12.6 Å². The molecule has 27 heavy (non-hydrogen) atoms. The van der Waals surface area contributed by atoms with Crippen LogP contribution in [0.3, 0.4) is 0 Å². The Kier molecular flexibility index (Phi) is 4.83. The van der Waals surface area contributed by atoms with E-state index in [-0.39, 0.29) is 24.1 Å². The van der Waals surface area contributed by atoms with Crippen LogP contribution in [0.25, 0.3) is 10.2 Å². The van der Waals surface area contributed by atoms with Gasteiger partial charge < -0.3 is 4.90 Å². The van der Waals surface area contributed by atoms with Crippen molar-refractivity contribution in [1.82, 2.24) is 14.5 Å². The first-order valence-corrected chi connectivity index (χ1v) is 10.2. The third kappa shape index (κ3) is 3.81. The Bertz CT molecular complexity index is 1020. The Morgan fingerprint density at radius 3 is 2.67 bits per heavy atom. The van der Waals surface area contributed by atoms with E-state index < -0.39 is 0 Å². The second-order valence-electron chi connectivity index (χ2n) is 7.47. The molecule has 1 aliphatic rings. The lowest BCUT2D eigenvalue weighted by Crippen LogP contribution is -2.37. The number of carbonyl (C=O) groups excluding carboxylic acids is 1. The summed E-state index contributed by atoms with van der Waals surface area (Å²) in [5.74, 6) is 0.468. The molecular formula is C21H23N3O2S. The van der Waals surface area contributed by atoms with Gasteiger partial charge in [-0.2, -0.15) is 0 Å².